The van der Waals surface area contributed by atoms with E-state index in [4.69, 9.17) is 21.1 Å². The van der Waals surface area contributed by atoms with Gasteiger partial charge in [0.1, 0.15) is 0 Å². The molecule has 19 heavy (non-hydrogen) atoms. The first-order valence-electron chi connectivity index (χ1n) is 5.28. The Morgan fingerprint density at radius 2 is 2.58 bits per heavy atom. The SMILES string of the molecule is CO/C(CCSCc1csc(NC(=N)N)n1)=N\C#N. The second-order valence-corrected chi connectivity index (χ2v) is 5.26. The lowest BCUT2D eigenvalue weighted by Crippen LogP contribution is -2.20. The normalized spacial score (nSPS) is 10.8. The van der Waals surface area contributed by atoms with Crippen LogP contribution < -0.4 is 11.1 Å². The van der Waals surface area contributed by atoms with Gasteiger partial charge in [-0.25, -0.2) is 4.98 Å². The molecular weight excluding hydrogens is 284 g/mol. The quantitative estimate of drug-likeness (QED) is 0.317. The first-order chi connectivity index (χ1) is 9.15. The summed E-state index contributed by atoms with van der Waals surface area (Å²) in [6, 6.07) is 0. The number of nitriles is 1. The number of rotatable bonds is 6. The van der Waals surface area contributed by atoms with Crippen molar-refractivity contribution in [1.82, 2.24) is 4.98 Å². The van der Waals surface area contributed by atoms with E-state index in [1.165, 1.54) is 18.4 Å². The number of hydrogen-bond acceptors (Lipinski definition) is 7. The topological polar surface area (TPSA) is 120 Å². The lowest BCUT2D eigenvalue weighted by Gasteiger charge is -2.01. The molecule has 1 aromatic heterocycles. The number of aliphatic imine (C=N–C) groups is 1. The molecule has 102 valence electrons. The largest absolute Gasteiger partial charge is 0.484 e. The molecule has 1 rings (SSSR count). The summed E-state index contributed by atoms with van der Waals surface area (Å²) >= 11 is 3.08. The minimum absolute atomic E-state index is 0.119. The van der Waals surface area contributed by atoms with Crippen LogP contribution in [0.2, 0.25) is 0 Å². The minimum atomic E-state index is -0.119. The van der Waals surface area contributed by atoms with Gasteiger partial charge in [0, 0.05) is 23.3 Å². The summed E-state index contributed by atoms with van der Waals surface area (Å²) < 4.78 is 4.94. The van der Waals surface area contributed by atoms with E-state index in [2.05, 4.69) is 15.3 Å². The molecule has 0 saturated carbocycles. The molecule has 1 aromatic rings. The van der Waals surface area contributed by atoms with Crippen LogP contribution in [0.4, 0.5) is 5.13 Å². The van der Waals surface area contributed by atoms with Gasteiger partial charge in [-0.15, -0.1) is 16.3 Å². The van der Waals surface area contributed by atoms with Gasteiger partial charge in [-0.05, 0) is 0 Å². The molecule has 0 bridgehead atoms. The van der Waals surface area contributed by atoms with E-state index in [9.17, 15) is 0 Å². The Kier molecular flexibility index (Phi) is 6.70. The van der Waals surface area contributed by atoms with E-state index in [1.807, 2.05) is 5.38 Å². The summed E-state index contributed by atoms with van der Waals surface area (Å²) in [5.41, 5.74) is 6.14. The molecule has 7 nitrogen and oxygen atoms in total. The zero-order chi connectivity index (χ0) is 14.1. The van der Waals surface area contributed by atoms with Crippen LogP contribution in [-0.2, 0) is 10.5 Å². The van der Waals surface area contributed by atoms with E-state index in [1.54, 1.807) is 18.0 Å². The average Bonchev–Trinajstić information content (AvgIpc) is 2.80. The third-order valence-corrected chi connectivity index (χ3v) is 3.71. The highest BCUT2D eigenvalue weighted by Gasteiger charge is 2.04. The van der Waals surface area contributed by atoms with Crippen LogP contribution in [0.25, 0.3) is 0 Å². The molecule has 0 fully saturated rings. The molecule has 0 aromatic carbocycles. The number of methoxy groups -OCH3 is 1. The molecule has 9 heteroatoms. The number of thiazole rings is 1. The van der Waals surface area contributed by atoms with Crippen molar-refractivity contribution in [1.29, 1.82) is 10.7 Å². The summed E-state index contributed by atoms with van der Waals surface area (Å²) in [5.74, 6) is 1.86. The van der Waals surface area contributed by atoms with E-state index < -0.39 is 0 Å². The van der Waals surface area contributed by atoms with Gasteiger partial charge in [-0.2, -0.15) is 17.0 Å². The lowest BCUT2D eigenvalue weighted by molar-refractivity contribution is 0.393. The Labute approximate surface area is 119 Å². The summed E-state index contributed by atoms with van der Waals surface area (Å²) in [6.45, 7) is 0. The van der Waals surface area contributed by atoms with E-state index >= 15 is 0 Å². The summed E-state index contributed by atoms with van der Waals surface area (Å²) in [6.07, 6.45) is 2.31. The zero-order valence-corrected chi connectivity index (χ0v) is 12.0. The van der Waals surface area contributed by atoms with Crippen molar-refractivity contribution in [2.24, 2.45) is 10.7 Å². The first kappa shape index (κ1) is 15.3. The monoisotopic (exact) mass is 298 g/mol. The highest BCUT2D eigenvalue weighted by molar-refractivity contribution is 7.98. The number of guanidine groups is 1. The van der Waals surface area contributed by atoms with Gasteiger partial charge in [0.25, 0.3) is 0 Å². The van der Waals surface area contributed by atoms with Crippen molar-refractivity contribution in [3.8, 4) is 6.19 Å². The molecule has 1 heterocycles. The van der Waals surface area contributed by atoms with E-state index in [0.29, 0.717) is 17.5 Å². The number of ether oxygens (including phenoxy) is 1. The second-order valence-electron chi connectivity index (χ2n) is 3.29. The van der Waals surface area contributed by atoms with Crippen molar-refractivity contribution in [2.75, 3.05) is 18.2 Å². The third-order valence-electron chi connectivity index (χ3n) is 1.91. The fourth-order valence-corrected chi connectivity index (χ4v) is 2.79. The van der Waals surface area contributed by atoms with Crippen molar-refractivity contribution in [3.05, 3.63) is 11.1 Å². The Hall–Kier alpha value is -1.79. The maximum Gasteiger partial charge on any atom is 0.208 e. The molecule has 0 atom stereocenters. The minimum Gasteiger partial charge on any atom is -0.484 e. The molecule has 0 radical (unpaired) electrons. The van der Waals surface area contributed by atoms with E-state index in [-0.39, 0.29) is 5.96 Å². The maximum absolute atomic E-state index is 8.41. The molecule has 0 spiro atoms. The van der Waals surface area contributed by atoms with Gasteiger partial charge in [0.2, 0.25) is 6.19 Å². The van der Waals surface area contributed by atoms with Crippen LogP contribution in [0.1, 0.15) is 12.1 Å². The van der Waals surface area contributed by atoms with Gasteiger partial charge in [0.05, 0.1) is 12.8 Å². The average molecular weight is 298 g/mol. The molecule has 0 amide bonds. The predicted octanol–water partition coefficient (Wildman–Crippen LogP) is 1.60. The van der Waals surface area contributed by atoms with Crippen molar-refractivity contribution >= 4 is 40.1 Å². The summed E-state index contributed by atoms with van der Waals surface area (Å²) in [4.78, 5) is 7.83. The number of nitrogens with two attached hydrogens (primary N) is 1. The maximum atomic E-state index is 8.41. The molecule has 0 saturated heterocycles. The smallest absolute Gasteiger partial charge is 0.208 e. The van der Waals surface area contributed by atoms with Crippen molar-refractivity contribution in [2.45, 2.75) is 12.2 Å². The molecule has 0 unspecified atom stereocenters. The fourth-order valence-electron chi connectivity index (χ4n) is 1.14. The highest BCUT2D eigenvalue weighted by atomic mass is 32.2. The van der Waals surface area contributed by atoms with Gasteiger partial charge in [-0.3, -0.25) is 5.41 Å². The van der Waals surface area contributed by atoms with Gasteiger partial charge in [-0.1, -0.05) is 0 Å². The number of nitrogens with zero attached hydrogens (tertiary/aromatic N) is 3. The second kappa shape index (κ2) is 8.34. The van der Waals surface area contributed by atoms with Crippen LogP contribution in [0.3, 0.4) is 0 Å². The number of nitrogens with one attached hydrogen (secondary N) is 2. The van der Waals surface area contributed by atoms with Crippen molar-refractivity contribution < 1.29 is 4.74 Å². The third kappa shape index (κ3) is 6.08. The Balaban J connectivity index is 2.30. The number of thioether (sulfide) groups is 1. The molecule has 0 aliphatic heterocycles. The van der Waals surface area contributed by atoms with Crippen LogP contribution in [-0.4, -0.2) is 29.7 Å². The van der Waals surface area contributed by atoms with Crippen LogP contribution in [0.15, 0.2) is 10.4 Å². The molecule has 4 N–H and O–H groups in total. The van der Waals surface area contributed by atoms with Crippen LogP contribution >= 0.6 is 23.1 Å². The molecular formula is C10H14N6OS2. The number of hydrogen-bond donors (Lipinski definition) is 3. The fraction of sp³-hybridized carbons (Fsp3) is 0.400. The molecule has 0 aliphatic carbocycles. The summed E-state index contributed by atoms with van der Waals surface area (Å²) in [5, 5.41) is 20.7. The van der Waals surface area contributed by atoms with Gasteiger partial charge >= 0.3 is 0 Å². The number of aromatic nitrogens is 1. The van der Waals surface area contributed by atoms with Crippen LogP contribution in [0, 0.1) is 16.9 Å². The molecule has 0 aliphatic rings. The Morgan fingerprint density at radius 1 is 1.79 bits per heavy atom. The zero-order valence-electron chi connectivity index (χ0n) is 10.3. The van der Waals surface area contributed by atoms with E-state index in [0.717, 1.165) is 17.2 Å². The standard InChI is InChI=1S/C10H14N6OS2/c1-17-8(14-6-11)2-3-18-4-7-5-19-10(15-7)16-9(12)13/h5H,2-4H2,1H3,(H4,12,13,15,16)/b14-8-. The predicted molar refractivity (Wildman–Crippen MR) is 78.5 cm³/mol. The van der Waals surface area contributed by atoms with Gasteiger partial charge in [0.15, 0.2) is 17.0 Å². The Morgan fingerprint density at radius 3 is 3.21 bits per heavy atom. The lowest BCUT2D eigenvalue weighted by atomic mass is 10.5. The summed E-state index contributed by atoms with van der Waals surface area (Å²) in [7, 11) is 1.50. The first-order valence-corrected chi connectivity index (χ1v) is 7.32. The Bertz CT molecular complexity index is 492. The van der Waals surface area contributed by atoms with Gasteiger partial charge < -0.3 is 15.8 Å². The number of anilines is 1. The van der Waals surface area contributed by atoms with Crippen LogP contribution in [0.5, 0.6) is 0 Å². The highest BCUT2D eigenvalue weighted by Crippen LogP contribution is 2.19. The van der Waals surface area contributed by atoms with Crippen molar-refractivity contribution in [3.63, 3.8) is 0 Å².